The molecule has 0 atom stereocenters. The van der Waals surface area contributed by atoms with Gasteiger partial charge in [0.1, 0.15) is 10.4 Å². The minimum atomic E-state index is -2.73. The van der Waals surface area contributed by atoms with Gasteiger partial charge in [-0.3, -0.25) is 0 Å². The Labute approximate surface area is 107 Å². The molecule has 0 saturated heterocycles. The summed E-state index contributed by atoms with van der Waals surface area (Å²) in [6.45, 7) is 2.02. The molecule has 0 amide bonds. The van der Waals surface area contributed by atoms with E-state index in [1.165, 1.54) is 11.3 Å². The van der Waals surface area contributed by atoms with E-state index in [4.69, 9.17) is 0 Å². The Balaban J connectivity index is 1.99. The Hall–Kier alpha value is -1.07. The number of alkyl halides is 2. The molecule has 0 radical (unpaired) electrons. The minimum Gasteiger partial charge on any atom is -0.384 e. The van der Waals surface area contributed by atoms with Crippen molar-refractivity contribution in [2.75, 3.05) is 0 Å². The predicted molar refractivity (Wildman–Crippen MR) is 67.1 cm³/mol. The number of hydrogen-bond acceptors (Lipinski definition) is 3. The molecule has 0 spiro atoms. The van der Waals surface area contributed by atoms with Crippen LogP contribution in [-0.2, 0) is 12.0 Å². The molecule has 2 aromatic heterocycles. The van der Waals surface area contributed by atoms with Crippen LogP contribution in [0.15, 0.2) is 18.2 Å². The highest BCUT2D eigenvalue weighted by Gasteiger charge is 2.57. The first kappa shape index (κ1) is 12.0. The van der Waals surface area contributed by atoms with Crippen LogP contribution in [0.25, 0.3) is 10.2 Å². The number of pyridine rings is 1. The van der Waals surface area contributed by atoms with E-state index in [2.05, 4.69) is 4.98 Å². The van der Waals surface area contributed by atoms with Crippen LogP contribution in [0, 0.1) is 0 Å². The summed E-state index contributed by atoms with van der Waals surface area (Å²) in [5.74, 6) is -2.73. The van der Waals surface area contributed by atoms with Gasteiger partial charge in [0.2, 0.25) is 0 Å². The first-order chi connectivity index (χ1) is 8.42. The number of rotatable bonds is 2. The van der Waals surface area contributed by atoms with E-state index in [1.807, 2.05) is 19.1 Å². The summed E-state index contributed by atoms with van der Waals surface area (Å²) in [5.41, 5.74) is -0.386. The van der Waals surface area contributed by atoms with E-state index in [0.29, 0.717) is 4.88 Å². The lowest BCUT2D eigenvalue weighted by Gasteiger charge is -2.42. The Morgan fingerprint density at radius 3 is 2.72 bits per heavy atom. The number of fused-ring (bicyclic) bond motifs is 1. The molecule has 3 rings (SSSR count). The smallest absolute Gasteiger partial charge is 0.254 e. The second-order valence-corrected chi connectivity index (χ2v) is 5.93. The number of nitrogens with zero attached hydrogens (tertiary/aromatic N) is 1. The highest BCUT2D eigenvalue weighted by atomic mass is 32.1. The van der Waals surface area contributed by atoms with Crippen molar-refractivity contribution in [1.29, 1.82) is 0 Å². The topological polar surface area (TPSA) is 33.1 Å². The van der Waals surface area contributed by atoms with Crippen LogP contribution in [-0.4, -0.2) is 16.0 Å². The van der Waals surface area contributed by atoms with Crippen LogP contribution < -0.4 is 0 Å². The molecule has 0 aromatic carbocycles. The fourth-order valence-electron chi connectivity index (χ4n) is 2.36. The van der Waals surface area contributed by atoms with E-state index >= 15 is 0 Å². The maximum absolute atomic E-state index is 12.9. The third kappa shape index (κ3) is 1.82. The largest absolute Gasteiger partial charge is 0.384 e. The fraction of sp³-hybridized carbons (Fsp3) is 0.462. The molecule has 2 aromatic rings. The molecular weight excluding hydrogens is 256 g/mol. The highest BCUT2D eigenvalue weighted by molar-refractivity contribution is 7.18. The van der Waals surface area contributed by atoms with Crippen molar-refractivity contribution in [3.05, 3.63) is 28.8 Å². The van der Waals surface area contributed by atoms with Gasteiger partial charge in [0.15, 0.2) is 0 Å². The van der Waals surface area contributed by atoms with Crippen LogP contribution in [0.4, 0.5) is 8.78 Å². The molecule has 5 heteroatoms. The number of hydrogen-bond donors (Lipinski definition) is 1. The average Bonchev–Trinajstić information content (AvgIpc) is 2.69. The lowest BCUT2D eigenvalue weighted by atomic mass is 9.75. The van der Waals surface area contributed by atoms with Gasteiger partial charge in [-0.25, -0.2) is 13.8 Å². The van der Waals surface area contributed by atoms with E-state index in [0.717, 1.165) is 22.3 Å². The van der Waals surface area contributed by atoms with Crippen molar-refractivity contribution in [2.24, 2.45) is 0 Å². The Bertz CT molecular complexity index is 600. The minimum absolute atomic E-state index is 0.479. The average molecular weight is 269 g/mol. The summed E-state index contributed by atoms with van der Waals surface area (Å²) >= 11 is 1.32. The third-order valence-corrected chi connectivity index (χ3v) is 4.60. The van der Waals surface area contributed by atoms with Crippen molar-refractivity contribution in [3.8, 4) is 0 Å². The van der Waals surface area contributed by atoms with E-state index < -0.39 is 24.4 Å². The Kier molecular flexibility index (Phi) is 2.47. The zero-order valence-electron chi connectivity index (χ0n) is 9.91. The number of thiophene rings is 1. The lowest BCUT2D eigenvalue weighted by molar-refractivity contribution is -0.208. The van der Waals surface area contributed by atoms with Crippen LogP contribution in [0.1, 0.15) is 30.3 Å². The quantitative estimate of drug-likeness (QED) is 0.905. The Morgan fingerprint density at radius 2 is 2.11 bits per heavy atom. The van der Waals surface area contributed by atoms with Crippen molar-refractivity contribution in [3.63, 3.8) is 0 Å². The molecule has 0 unspecified atom stereocenters. The summed E-state index contributed by atoms with van der Waals surface area (Å²) in [6, 6.07) is 5.64. The molecule has 1 aliphatic rings. The zero-order chi connectivity index (χ0) is 13.0. The van der Waals surface area contributed by atoms with Gasteiger partial charge in [0.25, 0.3) is 5.92 Å². The molecule has 96 valence electrons. The summed E-state index contributed by atoms with van der Waals surface area (Å²) < 4.78 is 25.8. The van der Waals surface area contributed by atoms with Crippen LogP contribution in [0.2, 0.25) is 0 Å². The van der Waals surface area contributed by atoms with Crippen molar-refractivity contribution < 1.29 is 13.9 Å². The number of aromatic nitrogens is 1. The van der Waals surface area contributed by atoms with Gasteiger partial charge in [0.05, 0.1) is 0 Å². The molecule has 2 nitrogen and oxygen atoms in total. The first-order valence-electron chi connectivity index (χ1n) is 5.92. The van der Waals surface area contributed by atoms with Gasteiger partial charge in [0, 0.05) is 28.8 Å². The summed E-state index contributed by atoms with van der Waals surface area (Å²) in [7, 11) is 0. The maximum Gasteiger partial charge on any atom is 0.254 e. The van der Waals surface area contributed by atoms with Gasteiger partial charge >= 0.3 is 0 Å². The van der Waals surface area contributed by atoms with E-state index in [9.17, 15) is 13.9 Å². The molecule has 1 N–H and O–H groups in total. The van der Waals surface area contributed by atoms with Crippen LogP contribution >= 0.6 is 11.3 Å². The summed E-state index contributed by atoms with van der Waals surface area (Å²) in [6.07, 6.45) is -0.119. The molecular formula is C13H13F2NOS. The van der Waals surface area contributed by atoms with Gasteiger partial charge in [-0.05, 0) is 18.6 Å². The van der Waals surface area contributed by atoms with E-state index in [1.54, 1.807) is 6.07 Å². The molecule has 1 aliphatic carbocycles. The normalized spacial score (nSPS) is 20.9. The van der Waals surface area contributed by atoms with Gasteiger partial charge in [-0.15, -0.1) is 11.3 Å². The molecule has 0 bridgehead atoms. The summed E-state index contributed by atoms with van der Waals surface area (Å²) in [4.78, 5) is 5.86. The van der Waals surface area contributed by atoms with E-state index in [-0.39, 0.29) is 0 Å². The molecule has 18 heavy (non-hydrogen) atoms. The first-order valence-corrected chi connectivity index (χ1v) is 6.74. The monoisotopic (exact) mass is 269 g/mol. The van der Waals surface area contributed by atoms with Crippen LogP contribution in [0.3, 0.4) is 0 Å². The number of aliphatic hydroxyl groups is 1. The molecule has 2 heterocycles. The molecule has 1 saturated carbocycles. The van der Waals surface area contributed by atoms with Crippen molar-refractivity contribution in [2.45, 2.75) is 37.7 Å². The standard InChI is InChI=1S/C13H13F2NOS/c1-2-9-4-3-8-5-10(18-11(8)16-9)12(17)6-13(14,15)7-12/h3-5,17H,2,6-7H2,1H3. The predicted octanol–water partition coefficient (Wildman–Crippen LogP) is 3.48. The highest BCUT2D eigenvalue weighted by Crippen LogP contribution is 2.53. The maximum atomic E-state index is 12.9. The second kappa shape index (κ2) is 3.71. The summed E-state index contributed by atoms with van der Waals surface area (Å²) in [5, 5.41) is 11.1. The van der Waals surface area contributed by atoms with Crippen molar-refractivity contribution in [1.82, 2.24) is 4.98 Å². The fourth-order valence-corrected chi connectivity index (χ4v) is 3.50. The molecule has 1 fully saturated rings. The third-order valence-electron chi connectivity index (χ3n) is 3.36. The molecule has 0 aliphatic heterocycles. The number of aryl methyl sites for hydroxylation is 1. The van der Waals surface area contributed by atoms with Crippen LogP contribution in [0.5, 0.6) is 0 Å². The second-order valence-electron chi connectivity index (χ2n) is 4.90. The lowest BCUT2D eigenvalue weighted by Crippen LogP contribution is -2.48. The van der Waals surface area contributed by atoms with Gasteiger partial charge in [-0.2, -0.15) is 0 Å². The van der Waals surface area contributed by atoms with Gasteiger partial charge < -0.3 is 5.11 Å². The Morgan fingerprint density at radius 1 is 1.39 bits per heavy atom. The van der Waals surface area contributed by atoms with Crippen molar-refractivity contribution >= 4 is 21.6 Å². The zero-order valence-corrected chi connectivity index (χ0v) is 10.7. The number of halogens is 2. The van der Waals surface area contributed by atoms with Gasteiger partial charge in [-0.1, -0.05) is 13.0 Å². The SMILES string of the molecule is CCc1ccc2cc(C3(O)CC(F)(F)C3)sc2n1.